The van der Waals surface area contributed by atoms with Crippen LogP contribution in [0.2, 0.25) is 0 Å². The Morgan fingerprint density at radius 1 is 1.04 bits per heavy atom. The quantitative estimate of drug-likeness (QED) is 0.839. The van der Waals surface area contributed by atoms with Gasteiger partial charge in [-0.25, -0.2) is 0 Å². The molecule has 1 aliphatic rings. The van der Waals surface area contributed by atoms with Crippen molar-refractivity contribution in [3.8, 4) is 0 Å². The Kier molecular flexibility index (Phi) is 6.36. The van der Waals surface area contributed by atoms with Gasteiger partial charge in [0.2, 0.25) is 0 Å². The van der Waals surface area contributed by atoms with Crippen LogP contribution < -0.4 is 5.32 Å². The molecular weight excluding hydrogens is 369 g/mol. The number of benzene rings is 2. The second kappa shape index (κ2) is 8.75. The number of nitrogens with one attached hydrogen (secondary N) is 1. The van der Waals surface area contributed by atoms with Crippen molar-refractivity contribution in [3.05, 3.63) is 71.3 Å². The van der Waals surface area contributed by atoms with Gasteiger partial charge in [-0.3, -0.25) is 9.69 Å². The number of morpholine rings is 1. The number of halogens is 3. The Labute approximate surface area is 162 Å². The molecule has 0 saturated carbocycles. The van der Waals surface area contributed by atoms with Crippen molar-refractivity contribution in [2.45, 2.75) is 25.2 Å². The standard InChI is InChI=1S/C21H23F3N2O2/c1-15(25-20(27)17-7-9-18(10-8-17)21(22,23)24)19(16-5-3-2-4-6-16)26-11-13-28-14-12-26/h2-10,15,19H,11-14H2,1H3,(H,25,27)/t15-,19+/m0/s1. The summed E-state index contributed by atoms with van der Waals surface area (Å²) in [6.07, 6.45) is -4.42. The molecule has 2 aromatic carbocycles. The van der Waals surface area contributed by atoms with Crippen molar-refractivity contribution in [1.82, 2.24) is 10.2 Å². The molecule has 28 heavy (non-hydrogen) atoms. The van der Waals surface area contributed by atoms with E-state index in [-0.39, 0.29) is 17.6 Å². The van der Waals surface area contributed by atoms with Gasteiger partial charge in [-0.2, -0.15) is 13.2 Å². The highest BCUT2D eigenvalue weighted by Crippen LogP contribution is 2.29. The zero-order valence-corrected chi connectivity index (χ0v) is 15.6. The van der Waals surface area contributed by atoms with Crippen molar-refractivity contribution in [1.29, 1.82) is 0 Å². The summed E-state index contributed by atoms with van der Waals surface area (Å²) in [6, 6.07) is 13.8. The average Bonchev–Trinajstić information content (AvgIpc) is 2.69. The molecule has 1 saturated heterocycles. The Balaban J connectivity index is 1.75. The number of hydrogen-bond donors (Lipinski definition) is 1. The number of ether oxygens (including phenoxy) is 1. The number of carbonyl (C=O) groups excluding carboxylic acids is 1. The Morgan fingerprint density at radius 3 is 2.21 bits per heavy atom. The zero-order valence-electron chi connectivity index (χ0n) is 15.6. The maximum atomic E-state index is 12.7. The number of hydrogen-bond acceptors (Lipinski definition) is 3. The van der Waals surface area contributed by atoms with Gasteiger partial charge in [0.1, 0.15) is 0 Å². The van der Waals surface area contributed by atoms with Crippen LogP contribution in [0.5, 0.6) is 0 Å². The lowest BCUT2D eigenvalue weighted by Gasteiger charge is -2.38. The lowest BCUT2D eigenvalue weighted by Crippen LogP contribution is -2.48. The normalized spacial score (nSPS) is 17.7. The van der Waals surface area contributed by atoms with E-state index in [0.29, 0.717) is 13.2 Å². The fourth-order valence-electron chi connectivity index (χ4n) is 3.50. The maximum absolute atomic E-state index is 12.7. The Hall–Kier alpha value is -2.38. The molecule has 0 bridgehead atoms. The molecule has 0 unspecified atom stereocenters. The van der Waals surface area contributed by atoms with Gasteiger partial charge in [0, 0.05) is 24.7 Å². The van der Waals surface area contributed by atoms with Crippen molar-refractivity contribution < 1.29 is 22.7 Å². The summed E-state index contributed by atoms with van der Waals surface area (Å²) in [4.78, 5) is 14.9. The van der Waals surface area contributed by atoms with Gasteiger partial charge in [-0.1, -0.05) is 30.3 Å². The SMILES string of the molecule is C[C@H](NC(=O)c1ccc(C(F)(F)F)cc1)[C@H](c1ccccc1)N1CCOCC1. The summed E-state index contributed by atoms with van der Waals surface area (Å²) in [7, 11) is 0. The number of carbonyl (C=O) groups is 1. The maximum Gasteiger partial charge on any atom is 0.416 e. The minimum Gasteiger partial charge on any atom is -0.379 e. The van der Waals surface area contributed by atoms with Crippen LogP contribution in [-0.2, 0) is 10.9 Å². The van der Waals surface area contributed by atoms with E-state index in [9.17, 15) is 18.0 Å². The number of nitrogens with zero attached hydrogens (tertiary/aromatic N) is 1. The van der Waals surface area contributed by atoms with Gasteiger partial charge in [0.05, 0.1) is 24.8 Å². The molecule has 4 nitrogen and oxygen atoms in total. The minimum atomic E-state index is -4.42. The molecule has 1 aliphatic heterocycles. The van der Waals surface area contributed by atoms with Crippen LogP contribution in [0.3, 0.4) is 0 Å². The summed E-state index contributed by atoms with van der Waals surface area (Å²) in [5, 5.41) is 2.95. The highest BCUT2D eigenvalue weighted by molar-refractivity contribution is 5.94. The Bertz CT molecular complexity index is 772. The molecule has 7 heteroatoms. The lowest BCUT2D eigenvalue weighted by atomic mass is 9.97. The van der Waals surface area contributed by atoms with E-state index >= 15 is 0 Å². The van der Waals surface area contributed by atoms with Crippen LogP contribution >= 0.6 is 0 Å². The van der Waals surface area contributed by atoms with E-state index in [4.69, 9.17) is 4.74 Å². The predicted octanol–water partition coefficient (Wildman–Crippen LogP) is 3.90. The Morgan fingerprint density at radius 2 is 1.64 bits per heavy atom. The average molecular weight is 392 g/mol. The van der Waals surface area contributed by atoms with E-state index in [1.54, 1.807) is 0 Å². The van der Waals surface area contributed by atoms with E-state index in [2.05, 4.69) is 10.2 Å². The molecular formula is C21H23F3N2O2. The lowest BCUT2D eigenvalue weighted by molar-refractivity contribution is -0.137. The van der Waals surface area contributed by atoms with Crippen LogP contribution in [0.15, 0.2) is 54.6 Å². The topological polar surface area (TPSA) is 41.6 Å². The third-order valence-electron chi connectivity index (χ3n) is 4.89. The molecule has 0 spiro atoms. The van der Waals surface area contributed by atoms with E-state index in [1.807, 2.05) is 37.3 Å². The molecule has 0 aromatic heterocycles. The number of alkyl halides is 3. The van der Waals surface area contributed by atoms with Gasteiger partial charge in [-0.15, -0.1) is 0 Å². The third kappa shape index (κ3) is 4.91. The fraction of sp³-hybridized carbons (Fsp3) is 0.381. The van der Waals surface area contributed by atoms with Gasteiger partial charge < -0.3 is 10.1 Å². The summed E-state index contributed by atoms with van der Waals surface area (Å²) in [5.74, 6) is -0.393. The minimum absolute atomic E-state index is 0.0523. The first-order valence-electron chi connectivity index (χ1n) is 9.21. The second-order valence-corrected chi connectivity index (χ2v) is 6.84. The largest absolute Gasteiger partial charge is 0.416 e. The van der Waals surface area contributed by atoms with E-state index in [1.165, 1.54) is 12.1 Å². The first-order valence-corrected chi connectivity index (χ1v) is 9.21. The molecule has 3 rings (SSSR count). The molecule has 0 aliphatic carbocycles. The first-order chi connectivity index (χ1) is 13.4. The summed E-state index contributed by atoms with van der Waals surface area (Å²) >= 11 is 0. The fourth-order valence-corrected chi connectivity index (χ4v) is 3.50. The van der Waals surface area contributed by atoms with Gasteiger partial charge >= 0.3 is 6.18 Å². The monoisotopic (exact) mass is 392 g/mol. The van der Waals surface area contributed by atoms with Crippen LogP contribution in [0.1, 0.15) is 34.5 Å². The van der Waals surface area contributed by atoms with Gasteiger partial charge in [0.15, 0.2) is 0 Å². The van der Waals surface area contributed by atoms with Crippen LogP contribution in [0.4, 0.5) is 13.2 Å². The van der Waals surface area contributed by atoms with Gasteiger partial charge in [0.25, 0.3) is 5.91 Å². The van der Waals surface area contributed by atoms with Crippen molar-refractivity contribution >= 4 is 5.91 Å². The van der Waals surface area contributed by atoms with E-state index < -0.39 is 17.6 Å². The molecule has 0 radical (unpaired) electrons. The summed E-state index contributed by atoms with van der Waals surface area (Å²) < 4.78 is 43.6. The number of amides is 1. The highest BCUT2D eigenvalue weighted by atomic mass is 19.4. The molecule has 1 fully saturated rings. The smallest absolute Gasteiger partial charge is 0.379 e. The molecule has 1 amide bonds. The van der Waals surface area contributed by atoms with Crippen LogP contribution in [0.25, 0.3) is 0 Å². The van der Waals surface area contributed by atoms with Crippen LogP contribution in [-0.4, -0.2) is 43.2 Å². The summed E-state index contributed by atoms with van der Waals surface area (Å²) in [5.41, 5.74) is 0.505. The van der Waals surface area contributed by atoms with Crippen molar-refractivity contribution in [3.63, 3.8) is 0 Å². The van der Waals surface area contributed by atoms with E-state index in [0.717, 1.165) is 30.8 Å². The van der Waals surface area contributed by atoms with Crippen LogP contribution in [0, 0.1) is 0 Å². The predicted molar refractivity (Wildman–Crippen MR) is 99.9 cm³/mol. The van der Waals surface area contributed by atoms with Gasteiger partial charge in [-0.05, 0) is 36.8 Å². The first kappa shape index (κ1) is 20.4. The van der Waals surface area contributed by atoms with Crippen molar-refractivity contribution in [2.24, 2.45) is 0 Å². The third-order valence-corrected chi connectivity index (χ3v) is 4.89. The molecule has 1 N–H and O–H groups in total. The molecule has 2 atom stereocenters. The zero-order chi connectivity index (χ0) is 20.1. The molecule has 150 valence electrons. The number of rotatable bonds is 5. The summed E-state index contributed by atoms with van der Waals surface area (Å²) in [6.45, 7) is 4.67. The van der Waals surface area contributed by atoms with Crippen molar-refractivity contribution in [2.75, 3.05) is 26.3 Å². The second-order valence-electron chi connectivity index (χ2n) is 6.84. The highest BCUT2D eigenvalue weighted by Gasteiger charge is 2.31. The molecule has 2 aromatic rings. The molecule has 1 heterocycles.